The third-order valence-electron chi connectivity index (χ3n) is 3.11. The van der Waals surface area contributed by atoms with Crippen molar-refractivity contribution in [2.75, 3.05) is 0 Å². The van der Waals surface area contributed by atoms with Crippen LogP contribution in [0, 0.1) is 3.57 Å². The van der Waals surface area contributed by atoms with E-state index in [1.54, 1.807) is 0 Å². The normalized spacial score (nSPS) is 16.8. The van der Waals surface area contributed by atoms with Crippen LogP contribution >= 0.6 is 38.5 Å². The van der Waals surface area contributed by atoms with Crippen molar-refractivity contribution in [3.8, 4) is 0 Å². The molecule has 0 spiro atoms. The van der Waals surface area contributed by atoms with Gasteiger partial charge in [0.05, 0.1) is 5.56 Å². The second kappa shape index (κ2) is 6.18. The molecule has 1 aliphatic rings. The van der Waals surface area contributed by atoms with Gasteiger partial charge in [0.15, 0.2) is 0 Å². The molecule has 0 unspecified atom stereocenters. The smallest absolute Gasteiger partial charge is 0.252 e. The third kappa shape index (κ3) is 3.68. The van der Waals surface area contributed by atoms with Gasteiger partial charge in [0, 0.05) is 14.1 Å². The van der Waals surface area contributed by atoms with Crippen molar-refractivity contribution in [1.82, 2.24) is 5.32 Å². The largest absolute Gasteiger partial charge is 0.349 e. The molecule has 1 amide bonds. The number of carbonyl (C=O) groups is 1. The lowest BCUT2D eigenvalue weighted by Gasteiger charge is -2.23. The van der Waals surface area contributed by atoms with Crippen LogP contribution in [0.1, 0.15) is 42.5 Å². The number of benzene rings is 1. The van der Waals surface area contributed by atoms with E-state index in [9.17, 15) is 4.79 Å². The summed E-state index contributed by atoms with van der Waals surface area (Å²) in [6, 6.07) is 6.17. The first-order valence-electron chi connectivity index (χ1n) is 5.93. The second-order valence-electron chi connectivity index (χ2n) is 4.43. The van der Waals surface area contributed by atoms with E-state index in [4.69, 9.17) is 0 Å². The Kier molecular flexibility index (Phi) is 4.85. The van der Waals surface area contributed by atoms with Gasteiger partial charge in [0.25, 0.3) is 5.91 Å². The molecule has 1 saturated carbocycles. The average Bonchev–Trinajstić information content (AvgIpc) is 2.33. The summed E-state index contributed by atoms with van der Waals surface area (Å²) >= 11 is 5.61. The minimum atomic E-state index is 0.0580. The van der Waals surface area contributed by atoms with Crippen LogP contribution in [0.15, 0.2) is 22.7 Å². The maximum atomic E-state index is 12.1. The van der Waals surface area contributed by atoms with Crippen LogP contribution in [0.5, 0.6) is 0 Å². The quantitative estimate of drug-likeness (QED) is 0.734. The minimum Gasteiger partial charge on any atom is -0.349 e. The highest BCUT2D eigenvalue weighted by Gasteiger charge is 2.18. The van der Waals surface area contributed by atoms with Crippen LogP contribution in [0.25, 0.3) is 0 Å². The number of halogens is 2. The molecule has 1 aliphatic carbocycles. The standard InChI is InChI=1S/C13H15BrINO/c14-9-6-7-12(15)11(8-9)13(17)16-10-4-2-1-3-5-10/h6-8,10H,1-5H2,(H,16,17). The molecular weight excluding hydrogens is 393 g/mol. The molecule has 0 radical (unpaired) electrons. The summed E-state index contributed by atoms with van der Waals surface area (Å²) in [7, 11) is 0. The highest BCUT2D eigenvalue weighted by Crippen LogP contribution is 2.21. The zero-order chi connectivity index (χ0) is 12.3. The third-order valence-corrected chi connectivity index (χ3v) is 4.55. The SMILES string of the molecule is O=C(NC1CCCCC1)c1cc(Br)ccc1I. The van der Waals surface area contributed by atoms with Gasteiger partial charge in [-0.2, -0.15) is 0 Å². The number of hydrogen-bond acceptors (Lipinski definition) is 1. The molecule has 1 aromatic carbocycles. The van der Waals surface area contributed by atoms with Crippen molar-refractivity contribution >= 4 is 44.4 Å². The molecule has 1 fully saturated rings. The van der Waals surface area contributed by atoms with Gasteiger partial charge in [-0.15, -0.1) is 0 Å². The van der Waals surface area contributed by atoms with Crippen LogP contribution in [-0.2, 0) is 0 Å². The Hall–Kier alpha value is -0.100. The molecule has 92 valence electrons. The predicted molar refractivity (Wildman–Crippen MR) is 81.2 cm³/mol. The molecule has 0 heterocycles. The van der Waals surface area contributed by atoms with Crippen molar-refractivity contribution in [1.29, 1.82) is 0 Å². The Labute approximate surface area is 124 Å². The molecule has 0 saturated heterocycles. The lowest BCUT2D eigenvalue weighted by Crippen LogP contribution is -2.36. The summed E-state index contributed by atoms with van der Waals surface area (Å²) in [4.78, 5) is 12.1. The van der Waals surface area contributed by atoms with E-state index in [1.165, 1.54) is 19.3 Å². The molecular formula is C13H15BrINO. The Morgan fingerprint density at radius 3 is 2.71 bits per heavy atom. The maximum absolute atomic E-state index is 12.1. The van der Waals surface area contributed by atoms with Crippen LogP contribution in [0.4, 0.5) is 0 Å². The van der Waals surface area contributed by atoms with Crippen molar-refractivity contribution in [3.63, 3.8) is 0 Å². The average molecular weight is 408 g/mol. The van der Waals surface area contributed by atoms with Crippen molar-refractivity contribution < 1.29 is 4.79 Å². The lowest BCUT2D eigenvalue weighted by molar-refractivity contribution is 0.0927. The van der Waals surface area contributed by atoms with E-state index in [-0.39, 0.29) is 5.91 Å². The van der Waals surface area contributed by atoms with Gasteiger partial charge in [0.2, 0.25) is 0 Å². The van der Waals surface area contributed by atoms with E-state index in [0.29, 0.717) is 6.04 Å². The monoisotopic (exact) mass is 407 g/mol. The van der Waals surface area contributed by atoms with Crippen molar-refractivity contribution in [2.45, 2.75) is 38.1 Å². The lowest BCUT2D eigenvalue weighted by atomic mass is 9.95. The number of rotatable bonds is 2. The Morgan fingerprint density at radius 1 is 1.29 bits per heavy atom. The Morgan fingerprint density at radius 2 is 2.00 bits per heavy atom. The summed E-state index contributed by atoms with van der Waals surface area (Å²) in [6.45, 7) is 0. The highest BCUT2D eigenvalue weighted by atomic mass is 127. The second-order valence-corrected chi connectivity index (χ2v) is 6.51. The van der Waals surface area contributed by atoms with Gasteiger partial charge in [-0.3, -0.25) is 4.79 Å². The zero-order valence-corrected chi connectivity index (χ0v) is 13.3. The van der Waals surface area contributed by atoms with E-state index < -0.39 is 0 Å². The van der Waals surface area contributed by atoms with E-state index in [0.717, 1.165) is 26.4 Å². The van der Waals surface area contributed by atoms with Gasteiger partial charge in [-0.05, 0) is 53.6 Å². The molecule has 1 N–H and O–H groups in total. The predicted octanol–water partition coefficient (Wildman–Crippen LogP) is 4.12. The van der Waals surface area contributed by atoms with Crippen LogP contribution in [0.3, 0.4) is 0 Å². The summed E-state index contributed by atoms with van der Waals surface area (Å²) in [6.07, 6.45) is 6.02. The Bertz CT molecular complexity index is 416. The Balaban J connectivity index is 2.05. The number of nitrogens with one attached hydrogen (secondary N) is 1. The van der Waals surface area contributed by atoms with Crippen LogP contribution in [0.2, 0.25) is 0 Å². The van der Waals surface area contributed by atoms with Gasteiger partial charge in [-0.25, -0.2) is 0 Å². The summed E-state index contributed by atoms with van der Waals surface area (Å²) in [5, 5.41) is 3.14. The van der Waals surface area contributed by atoms with E-state index in [2.05, 4.69) is 43.8 Å². The molecule has 0 aromatic heterocycles. The fraction of sp³-hybridized carbons (Fsp3) is 0.462. The van der Waals surface area contributed by atoms with Gasteiger partial charge < -0.3 is 5.32 Å². The number of carbonyl (C=O) groups excluding carboxylic acids is 1. The molecule has 1 aromatic rings. The summed E-state index contributed by atoms with van der Waals surface area (Å²) in [5.41, 5.74) is 0.769. The number of amides is 1. The van der Waals surface area contributed by atoms with Gasteiger partial charge >= 0.3 is 0 Å². The first-order valence-corrected chi connectivity index (χ1v) is 7.80. The maximum Gasteiger partial charge on any atom is 0.252 e. The minimum absolute atomic E-state index is 0.0580. The number of hydrogen-bond donors (Lipinski definition) is 1. The molecule has 4 heteroatoms. The zero-order valence-electron chi connectivity index (χ0n) is 9.51. The first kappa shape index (κ1) is 13.3. The first-order chi connectivity index (χ1) is 8.16. The highest BCUT2D eigenvalue weighted by molar-refractivity contribution is 14.1. The molecule has 2 nitrogen and oxygen atoms in total. The summed E-state index contributed by atoms with van der Waals surface area (Å²) < 4.78 is 1.95. The van der Waals surface area contributed by atoms with Crippen LogP contribution in [-0.4, -0.2) is 11.9 Å². The molecule has 0 atom stereocenters. The van der Waals surface area contributed by atoms with E-state index >= 15 is 0 Å². The van der Waals surface area contributed by atoms with Crippen LogP contribution < -0.4 is 5.32 Å². The van der Waals surface area contributed by atoms with E-state index in [1.807, 2.05) is 18.2 Å². The van der Waals surface area contributed by atoms with Crippen molar-refractivity contribution in [2.24, 2.45) is 0 Å². The molecule has 17 heavy (non-hydrogen) atoms. The molecule has 0 bridgehead atoms. The fourth-order valence-electron chi connectivity index (χ4n) is 2.18. The molecule has 0 aliphatic heterocycles. The summed E-state index contributed by atoms with van der Waals surface area (Å²) in [5.74, 6) is 0.0580. The topological polar surface area (TPSA) is 29.1 Å². The molecule has 2 rings (SSSR count). The van der Waals surface area contributed by atoms with Gasteiger partial charge in [-0.1, -0.05) is 35.2 Å². The fourth-order valence-corrected chi connectivity index (χ4v) is 3.12. The van der Waals surface area contributed by atoms with Gasteiger partial charge in [0.1, 0.15) is 0 Å². The van der Waals surface area contributed by atoms with Crippen molar-refractivity contribution in [3.05, 3.63) is 31.8 Å².